The molecule has 39 heavy (non-hydrogen) atoms. The number of carboxylic acids is 2. The molecule has 0 bridgehead atoms. The smallest absolute Gasteiger partial charge is 0.326 e. The summed E-state index contributed by atoms with van der Waals surface area (Å²) in [4.78, 5) is 64.8. The van der Waals surface area contributed by atoms with E-state index < -0.39 is 60.2 Å². The molecule has 0 fully saturated rings. The van der Waals surface area contributed by atoms with Crippen molar-refractivity contribution >= 4 is 48.2 Å². The summed E-state index contributed by atoms with van der Waals surface area (Å²) in [6.45, 7) is 0.254. The Morgan fingerprint density at radius 2 is 1.44 bits per heavy atom. The third kappa shape index (κ3) is 12.8. The summed E-state index contributed by atoms with van der Waals surface area (Å²) in [5.41, 5.74) is 16.8. The number of hydrogen-bond acceptors (Lipinski definition) is 9. The van der Waals surface area contributed by atoms with Crippen LogP contribution in [0.15, 0.2) is 29.3 Å². The lowest BCUT2D eigenvalue weighted by Crippen LogP contribution is -2.57. The number of thiol groups is 1. The number of carbonyl (C=O) groups excluding carboxylic acids is 3. The predicted molar refractivity (Wildman–Crippen MR) is 144 cm³/mol. The quantitative estimate of drug-likeness (QED) is 0.0410. The topological polar surface area (TPSA) is 273 Å². The van der Waals surface area contributed by atoms with Crippen molar-refractivity contribution in [2.75, 3.05) is 12.3 Å². The van der Waals surface area contributed by atoms with Crippen LogP contribution in [0.4, 0.5) is 0 Å². The number of carbonyl (C=O) groups is 5. The number of amides is 3. The van der Waals surface area contributed by atoms with E-state index >= 15 is 0 Å². The van der Waals surface area contributed by atoms with Gasteiger partial charge in [-0.05, 0) is 37.0 Å². The van der Waals surface area contributed by atoms with E-state index in [1.807, 2.05) is 0 Å². The van der Waals surface area contributed by atoms with Crippen molar-refractivity contribution in [3.8, 4) is 5.75 Å². The van der Waals surface area contributed by atoms with E-state index in [0.717, 1.165) is 0 Å². The highest BCUT2D eigenvalue weighted by atomic mass is 32.1. The molecule has 0 spiro atoms. The zero-order valence-corrected chi connectivity index (χ0v) is 22.0. The van der Waals surface area contributed by atoms with Crippen molar-refractivity contribution in [2.45, 2.75) is 56.3 Å². The minimum absolute atomic E-state index is 0.0242. The molecule has 0 aromatic heterocycles. The summed E-state index contributed by atoms with van der Waals surface area (Å²) in [6, 6.07) is 0.612. The lowest BCUT2D eigenvalue weighted by Gasteiger charge is -2.24. The number of aromatic hydroxyl groups is 1. The Labute approximate surface area is 230 Å². The fourth-order valence-electron chi connectivity index (χ4n) is 3.27. The van der Waals surface area contributed by atoms with Gasteiger partial charge in [0.15, 0.2) is 5.96 Å². The molecule has 0 heterocycles. The van der Waals surface area contributed by atoms with Gasteiger partial charge in [0.25, 0.3) is 0 Å². The van der Waals surface area contributed by atoms with Gasteiger partial charge in [0.1, 0.15) is 23.9 Å². The summed E-state index contributed by atoms with van der Waals surface area (Å²) in [5.74, 6) is -5.36. The Hall–Kier alpha value is -4.05. The van der Waals surface area contributed by atoms with Crippen LogP contribution in [0.5, 0.6) is 5.75 Å². The molecule has 3 amide bonds. The standard InChI is InChI=1S/C23H35N7O8S/c24-14(2-1-9-27-23(25)26)19(34)30-17(11-39)21(36)28-15(7-8-18(32)33)20(35)29-16(22(37)38)10-12-3-5-13(31)6-4-12/h3-6,14-17,31,39H,1-2,7-11,24H2,(H,28,36)(H,29,35)(H,30,34)(H,32,33)(H,37,38)(H4,25,26,27). The van der Waals surface area contributed by atoms with Crippen molar-refractivity contribution in [1.82, 2.24) is 16.0 Å². The first-order chi connectivity index (χ1) is 18.3. The zero-order chi connectivity index (χ0) is 29.5. The highest BCUT2D eigenvalue weighted by Gasteiger charge is 2.30. The predicted octanol–water partition coefficient (Wildman–Crippen LogP) is -2.35. The summed E-state index contributed by atoms with van der Waals surface area (Å²) in [5, 5.41) is 35.1. The SMILES string of the molecule is NC(N)=NCCCC(N)C(=O)NC(CS)C(=O)NC(CCC(=O)O)C(=O)NC(Cc1ccc(O)cc1)C(=O)O. The van der Waals surface area contributed by atoms with Crippen LogP contribution < -0.4 is 33.2 Å². The van der Waals surface area contributed by atoms with E-state index in [2.05, 4.69) is 33.6 Å². The van der Waals surface area contributed by atoms with Crippen molar-refractivity contribution < 1.29 is 39.3 Å². The molecule has 1 rings (SSSR count). The van der Waals surface area contributed by atoms with Gasteiger partial charge in [-0.1, -0.05) is 12.1 Å². The van der Waals surface area contributed by atoms with Crippen molar-refractivity contribution in [3.63, 3.8) is 0 Å². The second kappa shape index (κ2) is 16.7. The van der Waals surface area contributed by atoms with Gasteiger partial charge in [0.05, 0.1) is 6.04 Å². The second-order valence-corrected chi connectivity index (χ2v) is 8.93. The molecule has 12 N–H and O–H groups in total. The van der Waals surface area contributed by atoms with Gasteiger partial charge in [0.2, 0.25) is 17.7 Å². The maximum absolute atomic E-state index is 12.9. The number of hydrogen-bond donors (Lipinski definition) is 10. The highest BCUT2D eigenvalue weighted by Crippen LogP contribution is 2.12. The van der Waals surface area contributed by atoms with Gasteiger partial charge < -0.3 is 48.5 Å². The van der Waals surface area contributed by atoms with Crippen LogP contribution >= 0.6 is 12.6 Å². The highest BCUT2D eigenvalue weighted by molar-refractivity contribution is 7.80. The number of nitrogens with zero attached hydrogens (tertiary/aromatic N) is 1. The number of nitrogens with one attached hydrogen (secondary N) is 3. The average molecular weight is 570 g/mol. The first-order valence-corrected chi connectivity index (χ1v) is 12.5. The van der Waals surface area contributed by atoms with E-state index in [1.54, 1.807) is 0 Å². The van der Waals surface area contributed by atoms with Gasteiger partial charge in [0, 0.05) is 25.1 Å². The Kier molecular flexibility index (Phi) is 14.1. The van der Waals surface area contributed by atoms with Crippen LogP contribution in [-0.2, 0) is 30.4 Å². The molecule has 1 aromatic rings. The van der Waals surface area contributed by atoms with Crippen molar-refractivity contribution in [1.29, 1.82) is 0 Å². The Morgan fingerprint density at radius 1 is 0.872 bits per heavy atom. The maximum atomic E-state index is 12.9. The van der Waals surface area contributed by atoms with Gasteiger partial charge >= 0.3 is 11.9 Å². The molecule has 1 aromatic carbocycles. The average Bonchev–Trinajstić information content (AvgIpc) is 2.87. The van der Waals surface area contributed by atoms with Gasteiger partial charge in [-0.2, -0.15) is 12.6 Å². The molecule has 16 heteroatoms. The molecule has 216 valence electrons. The number of carboxylic acid groups (broad SMARTS) is 2. The van der Waals surface area contributed by atoms with Gasteiger partial charge in [-0.3, -0.25) is 24.2 Å². The normalized spacial score (nSPS) is 13.7. The largest absolute Gasteiger partial charge is 0.508 e. The number of phenolic OH excluding ortho intramolecular Hbond substituents is 1. The Bertz CT molecular complexity index is 1030. The minimum Gasteiger partial charge on any atom is -0.508 e. The van der Waals surface area contributed by atoms with E-state index in [0.29, 0.717) is 12.0 Å². The fourth-order valence-corrected chi connectivity index (χ4v) is 3.53. The molecule has 4 unspecified atom stereocenters. The maximum Gasteiger partial charge on any atom is 0.326 e. The summed E-state index contributed by atoms with van der Waals surface area (Å²) < 4.78 is 0. The third-order valence-corrected chi connectivity index (χ3v) is 5.76. The molecule has 15 nitrogen and oxygen atoms in total. The van der Waals surface area contributed by atoms with Crippen LogP contribution in [-0.4, -0.2) is 87.4 Å². The molecular formula is C23H35N7O8S. The number of nitrogens with two attached hydrogens (primary N) is 3. The molecule has 0 aliphatic rings. The fraction of sp³-hybridized carbons (Fsp3) is 0.478. The number of rotatable bonds is 17. The number of phenols is 1. The lowest BCUT2D eigenvalue weighted by molar-refractivity contribution is -0.143. The zero-order valence-electron chi connectivity index (χ0n) is 21.1. The molecule has 0 aliphatic carbocycles. The van der Waals surface area contributed by atoms with E-state index in [9.17, 15) is 34.2 Å². The number of aliphatic carboxylic acids is 2. The van der Waals surface area contributed by atoms with Crippen LogP contribution in [0.25, 0.3) is 0 Å². The third-order valence-electron chi connectivity index (χ3n) is 5.39. The molecule has 0 saturated carbocycles. The minimum atomic E-state index is -1.43. The van der Waals surface area contributed by atoms with E-state index in [-0.39, 0.29) is 43.3 Å². The van der Waals surface area contributed by atoms with Crippen LogP contribution in [0, 0.1) is 0 Å². The first-order valence-electron chi connectivity index (χ1n) is 11.9. The Morgan fingerprint density at radius 3 is 1.97 bits per heavy atom. The summed E-state index contributed by atoms with van der Waals surface area (Å²) in [7, 11) is 0. The molecule has 0 saturated heterocycles. The van der Waals surface area contributed by atoms with Crippen LogP contribution in [0.3, 0.4) is 0 Å². The second-order valence-electron chi connectivity index (χ2n) is 8.56. The molecule has 0 radical (unpaired) electrons. The van der Waals surface area contributed by atoms with Crippen molar-refractivity contribution in [2.24, 2.45) is 22.2 Å². The van der Waals surface area contributed by atoms with Gasteiger partial charge in [-0.15, -0.1) is 0 Å². The monoisotopic (exact) mass is 569 g/mol. The van der Waals surface area contributed by atoms with E-state index in [4.69, 9.17) is 22.3 Å². The van der Waals surface area contributed by atoms with Crippen LogP contribution in [0.2, 0.25) is 0 Å². The molecule has 4 atom stereocenters. The summed E-state index contributed by atoms with van der Waals surface area (Å²) >= 11 is 4.06. The molecular weight excluding hydrogens is 534 g/mol. The first kappa shape index (κ1) is 33.0. The summed E-state index contributed by atoms with van der Waals surface area (Å²) in [6.07, 6.45) is -0.388. The molecule has 0 aliphatic heterocycles. The van der Waals surface area contributed by atoms with Crippen molar-refractivity contribution in [3.05, 3.63) is 29.8 Å². The van der Waals surface area contributed by atoms with Gasteiger partial charge in [-0.25, -0.2) is 4.79 Å². The Balaban J connectivity index is 2.88. The number of guanidine groups is 1. The van der Waals surface area contributed by atoms with Crippen LogP contribution in [0.1, 0.15) is 31.2 Å². The number of benzene rings is 1. The lowest BCUT2D eigenvalue weighted by atomic mass is 10.0. The van der Waals surface area contributed by atoms with E-state index in [1.165, 1.54) is 24.3 Å². The number of aliphatic imine (C=N–C) groups is 1.